The fourth-order valence-corrected chi connectivity index (χ4v) is 2.40. The van der Waals surface area contributed by atoms with Gasteiger partial charge in [-0.15, -0.1) is 0 Å². The summed E-state index contributed by atoms with van der Waals surface area (Å²) >= 11 is 0. The zero-order valence-electron chi connectivity index (χ0n) is 15.2. The zero-order chi connectivity index (χ0) is 20.3. The van der Waals surface area contributed by atoms with E-state index in [1.165, 1.54) is 20.0 Å². The topological polar surface area (TPSA) is 114 Å². The van der Waals surface area contributed by atoms with E-state index in [0.29, 0.717) is 22.6 Å². The molecule has 0 atom stereocenters. The van der Waals surface area contributed by atoms with Crippen molar-refractivity contribution < 1.29 is 33.8 Å². The first kappa shape index (κ1) is 19.5. The van der Waals surface area contributed by atoms with E-state index in [9.17, 15) is 9.59 Å². The zero-order valence-corrected chi connectivity index (χ0v) is 15.2. The van der Waals surface area contributed by atoms with Crippen molar-refractivity contribution in [3.63, 3.8) is 0 Å². The van der Waals surface area contributed by atoms with Crippen LogP contribution in [-0.2, 0) is 19.1 Å². The maximum atomic E-state index is 11.9. The summed E-state index contributed by atoms with van der Waals surface area (Å²) in [5.41, 5.74) is 0.748. The smallest absolute Gasteiger partial charge is 0.457 e. The summed E-state index contributed by atoms with van der Waals surface area (Å²) in [6.07, 6.45) is 1.23. The Balaban J connectivity index is 1.63. The number of hydrogen-bond acceptors (Lipinski definition) is 8. The second kappa shape index (κ2) is 7.75. The van der Waals surface area contributed by atoms with Crippen molar-refractivity contribution in [1.29, 1.82) is 0 Å². The first-order valence-electron chi connectivity index (χ1n) is 8.41. The van der Waals surface area contributed by atoms with Crippen LogP contribution in [0.25, 0.3) is 0 Å². The monoisotopic (exact) mass is 383 g/mol. The van der Waals surface area contributed by atoms with Gasteiger partial charge < -0.3 is 29.6 Å². The van der Waals surface area contributed by atoms with E-state index in [2.05, 4.69) is 5.32 Å². The minimum atomic E-state index is -1.53. The van der Waals surface area contributed by atoms with Crippen molar-refractivity contribution in [2.75, 3.05) is 5.32 Å². The third kappa shape index (κ3) is 4.70. The van der Waals surface area contributed by atoms with Crippen molar-refractivity contribution in [1.82, 2.24) is 0 Å². The van der Waals surface area contributed by atoms with E-state index < -0.39 is 24.8 Å². The van der Waals surface area contributed by atoms with E-state index in [0.717, 1.165) is 0 Å². The van der Waals surface area contributed by atoms with Gasteiger partial charge in [-0.1, -0.05) is 12.1 Å². The van der Waals surface area contributed by atoms with Gasteiger partial charge in [0.15, 0.2) is 5.57 Å². The lowest BCUT2D eigenvalue weighted by Crippen LogP contribution is -2.42. The number of hydrogen-bond donors (Lipinski definition) is 3. The molecule has 1 heterocycles. The van der Waals surface area contributed by atoms with E-state index in [4.69, 9.17) is 24.3 Å². The number of carbonyl (C=O) groups excluding carboxylic acids is 2. The van der Waals surface area contributed by atoms with Crippen LogP contribution in [0.3, 0.4) is 0 Å². The van der Waals surface area contributed by atoms with Gasteiger partial charge in [0.2, 0.25) is 0 Å². The number of nitrogens with one attached hydrogen (secondary N) is 1. The molecule has 2 aromatic carbocycles. The highest BCUT2D eigenvalue weighted by Gasteiger charge is 2.38. The predicted octanol–water partition coefficient (Wildman–Crippen LogP) is 1.29. The van der Waals surface area contributed by atoms with Gasteiger partial charge in [0.25, 0.3) is 5.79 Å². The predicted molar refractivity (Wildman–Crippen MR) is 101 cm³/mol. The lowest BCUT2D eigenvalue weighted by atomic mass is 9.80. The van der Waals surface area contributed by atoms with Gasteiger partial charge >= 0.3 is 19.1 Å². The van der Waals surface area contributed by atoms with E-state index in [1.807, 2.05) is 0 Å². The Morgan fingerprint density at radius 2 is 1.43 bits per heavy atom. The van der Waals surface area contributed by atoms with Crippen LogP contribution in [0.5, 0.6) is 11.5 Å². The molecule has 0 saturated carbocycles. The van der Waals surface area contributed by atoms with Crippen LogP contribution in [0, 0.1) is 0 Å². The molecule has 1 fully saturated rings. The lowest BCUT2D eigenvalue weighted by Gasteiger charge is -2.29. The molecule has 8 nitrogen and oxygen atoms in total. The Bertz CT molecular complexity index is 883. The number of esters is 2. The number of rotatable bonds is 5. The molecule has 0 spiro atoms. The molecule has 1 aliphatic rings. The Morgan fingerprint density at radius 1 is 0.929 bits per heavy atom. The van der Waals surface area contributed by atoms with Gasteiger partial charge in [0.05, 0.1) is 0 Å². The van der Waals surface area contributed by atoms with Crippen LogP contribution in [0.1, 0.15) is 13.8 Å². The highest BCUT2D eigenvalue weighted by atomic mass is 16.7. The molecule has 3 N–H and O–H groups in total. The quantitative estimate of drug-likeness (QED) is 0.306. The molecule has 28 heavy (non-hydrogen) atoms. The fraction of sp³-hybridized carbons (Fsp3) is 0.158. The number of cyclic esters (lactones) is 2. The molecular weight excluding hydrogens is 365 g/mol. The number of benzene rings is 2. The number of carbonyl (C=O) groups is 2. The summed E-state index contributed by atoms with van der Waals surface area (Å²) in [5, 5.41) is 21.0. The first-order chi connectivity index (χ1) is 13.2. The van der Waals surface area contributed by atoms with Gasteiger partial charge in [-0.05, 0) is 41.9 Å². The third-order valence-corrected chi connectivity index (χ3v) is 3.77. The standard InChI is InChI=1S/C19H18BNO7/c1-19(2)27-17(22)16(18(23)28-19)11-21-13-5-9-15(10-6-13)26-14-7-3-12(4-8-14)20(24)25/h3-11,21,24-25H,1-2H3. The summed E-state index contributed by atoms with van der Waals surface area (Å²) in [7, 11) is -1.53. The Labute approximate surface area is 161 Å². The highest BCUT2D eigenvalue weighted by Crippen LogP contribution is 2.24. The van der Waals surface area contributed by atoms with Crippen molar-refractivity contribution in [3.05, 3.63) is 60.3 Å². The summed E-state index contributed by atoms with van der Waals surface area (Å²) < 4.78 is 15.7. The number of anilines is 1. The van der Waals surface area contributed by atoms with Crippen molar-refractivity contribution in [2.24, 2.45) is 0 Å². The molecule has 1 aliphatic heterocycles. The van der Waals surface area contributed by atoms with Gasteiger partial charge in [0, 0.05) is 25.7 Å². The van der Waals surface area contributed by atoms with Crippen LogP contribution >= 0.6 is 0 Å². The van der Waals surface area contributed by atoms with Gasteiger partial charge in [-0.3, -0.25) is 0 Å². The van der Waals surface area contributed by atoms with Gasteiger partial charge in [0.1, 0.15) is 11.5 Å². The molecule has 0 radical (unpaired) electrons. The maximum absolute atomic E-state index is 11.9. The minimum Gasteiger partial charge on any atom is -0.457 e. The normalized spacial score (nSPS) is 15.4. The second-order valence-electron chi connectivity index (χ2n) is 6.45. The van der Waals surface area contributed by atoms with Crippen LogP contribution in [-0.4, -0.2) is 34.9 Å². The molecule has 144 valence electrons. The lowest BCUT2D eigenvalue weighted by molar-refractivity contribution is -0.222. The van der Waals surface area contributed by atoms with Gasteiger partial charge in [-0.2, -0.15) is 0 Å². The molecule has 0 unspecified atom stereocenters. The molecule has 1 saturated heterocycles. The second-order valence-corrected chi connectivity index (χ2v) is 6.45. The summed E-state index contributed by atoms with van der Waals surface area (Å²) in [6.45, 7) is 2.95. The van der Waals surface area contributed by atoms with Crippen molar-refractivity contribution >= 4 is 30.2 Å². The Kier molecular flexibility index (Phi) is 5.39. The average molecular weight is 383 g/mol. The van der Waals surface area contributed by atoms with Gasteiger partial charge in [-0.25, -0.2) is 9.59 Å². The summed E-state index contributed by atoms with van der Waals surface area (Å²) in [5.74, 6) is -1.72. The Hall–Kier alpha value is -3.30. The van der Waals surface area contributed by atoms with Crippen LogP contribution in [0.4, 0.5) is 5.69 Å². The summed E-state index contributed by atoms with van der Waals surface area (Å²) in [6, 6.07) is 13.1. The fourth-order valence-electron chi connectivity index (χ4n) is 2.40. The van der Waals surface area contributed by atoms with E-state index in [-0.39, 0.29) is 5.57 Å². The van der Waals surface area contributed by atoms with E-state index in [1.54, 1.807) is 48.5 Å². The SMILES string of the molecule is CC1(C)OC(=O)C(=CNc2ccc(Oc3ccc(B(O)O)cc3)cc2)C(=O)O1. The molecule has 0 bridgehead atoms. The third-order valence-electron chi connectivity index (χ3n) is 3.77. The Morgan fingerprint density at radius 3 is 1.93 bits per heavy atom. The highest BCUT2D eigenvalue weighted by molar-refractivity contribution is 6.58. The molecule has 0 aromatic heterocycles. The largest absolute Gasteiger partial charge is 0.488 e. The number of ether oxygens (including phenoxy) is 3. The molecule has 3 rings (SSSR count). The molecule has 0 amide bonds. The van der Waals surface area contributed by atoms with Crippen LogP contribution in [0.15, 0.2) is 60.3 Å². The molecular formula is C19H18BNO7. The van der Waals surface area contributed by atoms with E-state index >= 15 is 0 Å². The van der Waals surface area contributed by atoms with Crippen LogP contribution < -0.4 is 15.5 Å². The molecule has 9 heteroatoms. The average Bonchev–Trinajstić information content (AvgIpc) is 2.62. The maximum Gasteiger partial charge on any atom is 0.488 e. The minimum absolute atomic E-state index is 0.231. The summed E-state index contributed by atoms with van der Waals surface area (Å²) in [4.78, 5) is 23.8. The molecule has 2 aromatic rings. The van der Waals surface area contributed by atoms with Crippen LogP contribution in [0.2, 0.25) is 0 Å². The molecule has 0 aliphatic carbocycles. The van der Waals surface area contributed by atoms with Crippen molar-refractivity contribution in [3.8, 4) is 11.5 Å². The van der Waals surface area contributed by atoms with Crippen molar-refractivity contribution in [2.45, 2.75) is 19.6 Å². The first-order valence-corrected chi connectivity index (χ1v) is 8.41.